The molecule has 2 rings (SSSR count). The van der Waals surface area contributed by atoms with Gasteiger partial charge in [-0.25, -0.2) is 0 Å². The molecule has 0 aliphatic carbocycles. The molecule has 0 spiro atoms. The third-order valence-corrected chi connectivity index (χ3v) is 5.23. The van der Waals surface area contributed by atoms with Crippen molar-refractivity contribution in [3.63, 3.8) is 0 Å². The van der Waals surface area contributed by atoms with E-state index in [9.17, 15) is 4.55 Å². The molecule has 1 aromatic rings. The predicted octanol–water partition coefficient (Wildman–Crippen LogP) is 2.08. The SMILES string of the molecule is COc1ccc(N(C)C)c(C[S+]([O-])C2=NC(=S)C(C)(C)N2)c1. The Bertz CT molecular complexity index is 615. The maximum Gasteiger partial charge on any atom is 0.318 e. The lowest BCUT2D eigenvalue weighted by molar-refractivity contribution is 0.414. The van der Waals surface area contributed by atoms with E-state index >= 15 is 0 Å². The summed E-state index contributed by atoms with van der Waals surface area (Å²) in [7, 11) is 5.53. The average molecular weight is 339 g/mol. The van der Waals surface area contributed by atoms with Gasteiger partial charge in [-0.05, 0) is 32.0 Å². The summed E-state index contributed by atoms with van der Waals surface area (Å²) in [6.45, 7) is 3.86. The van der Waals surface area contributed by atoms with E-state index in [1.807, 2.05) is 51.0 Å². The Morgan fingerprint density at radius 3 is 2.59 bits per heavy atom. The van der Waals surface area contributed by atoms with Crippen molar-refractivity contribution in [3.8, 4) is 5.75 Å². The summed E-state index contributed by atoms with van der Waals surface area (Å²) < 4.78 is 17.9. The number of ether oxygens (including phenoxy) is 1. The van der Waals surface area contributed by atoms with Gasteiger partial charge in [-0.3, -0.25) is 0 Å². The Hall–Kier alpha value is -1.31. The summed E-state index contributed by atoms with van der Waals surface area (Å²) in [5.74, 6) is 1.10. The highest BCUT2D eigenvalue weighted by molar-refractivity contribution is 8.05. The Labute approximate surface area is 139 Å². The van der Waals surface area contributed by atoms with Crippen molar-refractivity contribution in [2.75, 3.05) is 26.1 Å². The fourth-order valence-electron chi connectivity index (χ4n) is 2.14. The number of anilines is 1. The smallest absolute Gasteiger partial charge is 0.318 e. The van der Waals surface area contributed by atoms with Crippen LogP contribution in [0.15, 0.2) is 23.2 Å². The second-order valence-corrected chi connectivity index (χ2v) is 7.60. The standard InChI is InChI=1S/C15H21N3O2S2/c1-15(2)13(21)16-14(17-15)22(19)9-10-8-11(20-5)6-7-12(10)18(3)4/h6-8H,9H2,1-5H3,(H,16,17,21). The van der Waals surface area contributed by atoms with E-state index in [4.69, 9.17) is 17.0 Å². The molecule has 22 heavy (non-hydrogen) atoms. The van der Waals surface area contributed by atoms with Crippen LogP contribution in [0.2, 0.25) is 0 Å². The first-order valence-electron chi connectivity index (χ1n) is 6.88. The molecule has 1 N–H and O–H groups in total. The first kappa shape index (κ1) is 17.1. The number of nitrogens with one attached hydrogen (secondary N) is 1. The van der Waals surface area contributed by atoms with Gasteiger partial charge in [0.25, 0.3) is 0 Å². The maximum atomic E-state index is 12.6. The topological polar surface area (TPSA) is 59.9 Å². The molecule has 0 fully saturated rings. The molecule has 1 aliphatic heterocycles. The molecule has 1 aromatic carbocycles. The number of aliphatic imine (C=N–C) groups is 1. The van der Waals surface area contributed by atoms with Gasteiger partial charge in [0.2, 0.25) is 0 Å². The highest BCUT2D eigenvalue weighted by Gasteiger charge is 2.37. The van der Waals surface area contributed by atoms with E-state index in [0.717, 1.165) is 17.0 Å². The normalized spacial score (nSPS) is 17.7. The first-order valence-corrected chi connectivity index (χ1v) is 8.61. The third-order valence-electron chi connectivity index (χ3n) is 3.43. The van der Waals surface area contributed by atoms with Crippen molar-refractivity contribution in [2.45, 2.75) is 25.1 Å². The van der Waals surface area contributed by atoms with Crippen LogP contribution in [0.4, 0.5) is 5.69 Å². The summed E-state index contributed by atoms with van der Waals surface area (Å²) in [6.07, 6.45) is 0. The highest BCUT2D eigenvalue weighted by atomic mass is 32.2. The minimum absolute atomic E-state index is 0.356. The molecule has 7 heteroatoms. The number of thiocarbonyl (C=S) groups is 1. The lowest BCUT2D eigenvalue weighted by Gasteiger charge is -2.21. The number of methoxy groups -OCH3 is 1. The third kappa shape index (κ3) is 3.53. The Morgan fingerprint density at radius 1 is 1.41 bits per heavy atom. The van der Waals surface area contributed by atoms with Crippen molar-refractivity contribution in [1.82, 2.24) is 5.32 Å². The molecule has 1 atom stereocenters. The number of amidine groups is 1. The van der Waals surface area contributed by atoms with Gasteiger partial charge in [0.05, 0.1) is 12.6 Å². The molecular formula is C15H21N3O2S2. The van der Waals surface area contributed by atoms with Crippen molar-refractivity contribution in [1.29, 1.82) is 0 Å². The Morgan fingerprint density at radius 2 is 2.09 bits per heavy atom. The molecule has 0 aromatic heterocycles. The van der Waals surface area contributed by atoms with Gasteiger partial charge < -0.3 is 19.5 Å². The van der Waals surface area contributed by atoms with E-state index in [2.05, 4.69) is 10.3 Å². The summed E-state index contributed by atoms with van der Waals surface area (Å²) in [4.78, 5) is 6.77. The molecule has 1 unspecified atom stereocenters. The zero-order valence-corrected chi connectivity index (χ0v) is 15.1. The first-order chi connectivity index (χ1) is 10.2. The summed E-state index contributed by atoms with van der Waals surface area (Å²) in [5.41, 5.74) is 1.54. The number of nitrogens with zero attached hydrogens (tertiary/aromatic N) is 2. The number of benzene rings is 1. The van der Waals surface area contributed by atoms with Crippen LogP contribution in [0, 0.1) is 0 Å². The molecule has 1 aliphatic rings. The van der Waals surface area contributed by atoms with Crippen molar-refractivity contribution in [3.05, 3.63) is 23.8 Å². The van der Waals surface area contributed by atoms with E-state index in [1.165, 1.54) is 0 Å². The van der Waals surface area contributed by atoms with E-state index < -0.39 is 16.7 Å². The van der Waals surface area contributed by atoms with Crippen LogP contribution in [-0.4, -0.2) is 41.5 Å². The number of hydrogen-bond donors (Lipinski definition) is 1. The molecule has 0 bridgehead atoms. The van der Waals surface area contributed by atoms with Crippen LogP contribution in [0.5, 0.6) is 5.75 Å². The van der Waals surface area contributed by atoms with Crippen LogP contribution in [-0.2, 0) is 16.9 Å². The van der Waals surface area contributed by atoms with Crippen molar-refractivity contribution in [2.24, 2.45) is 4.99 Å². The van der Waals surface area contributed by atoms with Gasteiger partial charge in [0.1, 0.15) is 16.5 Å². The van der Waals surface area contributed by atoms with Gasteiger partial charge in [0.15, 0.2) is 0 Å². The molecule has 1 heterocycles. The lowest BCUT2D eigenvalue weighted by Crippen LogP contribution is -2.44. The van der Waals surface area contributed by atoms with E-state index in [1.54, 1.807) is 7.11 Å². The number of rotatable bonds is 4. The molecule has 0 saturated carbocycles. The summed E-state index contributed by atoms with van der Waals surface area (Å²) in [5, 5.41) is 3.59. The van der Waals surface area contributed by atoms with Gasteiger partial charge >= 0.3 is 5.17 Å². The molecule has 0 saturated heterocycles. The minimum atomic E-state index is -1.28. The molecular weight excluding hydrogens is 318 g/mol. The second-order valence-electron chi connectivity index (χ2n) is 5.85. The Balaban J connectivity index is 2.23. The molecule has 0 amide bonds. The minimum Gasteiger partial charge on any atom is -0.609 e. The molecule has 0 radical (unpaired) electrons. The lowest BCUT2D eigenvalue weighted by atomic mass is 10.1. The van der Waals surface area contributed by atoms with Crippen LogP contribution >= 0.6 is 12.2 Å². The zero-order chi connectivity index (χ0) is 16.5. The fourth-order valence-corrected chi connectivity index (χ4v) is 3.55. The van der Waals surface area contributed by atoms with Crippen molar-refractivity contribution < 1.29 is 9.29 Å². The monoisotopic (exact) mass is 339 g/mol. The van der Waals surface area contributed by atoms with Gasteiger partial charge in [-0.2, -0.15) is 4.99 Å². The predicted molar refractivity (Wildman–Crippen MR) is 96.4 cm³/mol. The molecule has 120 valence electrons. The van der Waals surface area contributed by atoms with E-state index in [0.29, 0.717) is 15.9 Å². The zero-order valence-electron chi connectivity index (χ0n) is 13.5. The van der Waals surface area contributed by atoms with Crippen LogP contribution in [0.1, 0.15) is 19.4 Å². The van der Waals surface area contributed by atoms with Gasteiger partial charge in [-0.1, -0.05) is 12.2 Å². The summed E-state index contributed by atoms with van der Waals surface area (Å²) >= 11 is 3.93. The van der Waals surface area contributed by atoms with E-state index in [-0.39, 0.29) is 0 Å². The highest BCUT2D eigenvalue weighted by Crippen LogP contribution is 2.27. The number of hydrogen-bond acceptors (Lipinski definition) is 5. The van der Waals surface area contributed by atoms with Crippen LogP contribution in [0.25, 0.3) is 0 Å². The average Bonchev–Trinajstić information content (AvgIpc) is 2.72. The van der Waals surface area contributed by atoms with Gasteiger partial charge in [0, 0.05) is 36.5 Å². The van der Waals surface area contributed by atoms with Gasteiger partial charge in [-0.15, -0.1) is 0 Å². The van der Waals surface area contributed by atoms with Crippen LogP contribution < -0.4 is 15.0 Å². The fraction of sp³-hybridized carbons (Fsp3) is 0.467. The molecule has 5 nitrogen and oxygen atoms in total. The largest absolute Gasteiger partial charge is 0.609 e. The summed E-state index contributed by atoms with van der Waals surface area (Å²) in [6, 6.07) is 5.77. The maximum absolute atomic E-state index is 12.6. The Kier molecular flexibility index (Phi) is 4.99. The van der Waals surface area contributed by atoms with Crippen LogP contribution in [0.3, 0.4) is 0 Å². The second kappa shape index (κ2) is 6.44. The quantitative estimate of drug-likeness (QED) is 0.672. The van der Waals surface area contributed by atoms with Crippen molar-refractivity contribution >= 4 is 39.2 Å².